The minimum Gasteiger partial charge on any atom is -0.361 e. The van der Waals surface area contributed by atoms with Crippen molar-refractivity contribution in [2.45, 2.75) is 45.3 Å². The zero-order chi connectivity index (χ0) is 18.4. The lowest BCUT2D eigenvalue weighted by atomic mass is 10.0. The zero-order valence-electron chi connectivity index (χ0n) is 14.2. The molecule has 2 aromatic rings. The number of nitrogens with zero attached hydrogens (tertiary/aromatic N) is 4. The molecule has 0 bridgehead atoms. The SMILES string of the molecule is CCc1onc(C)c1C1CCCN1C(=O)c1cc(C(F)(F)F)nn1C. The Morgan fingerprint density at radius 1 is 1.44 bits per heavy atom. The van der Waals surface area contributed by atoms with Gasteiger partial charge in [-0.2, -0.15) is 18.3 Å². The molecule has 6 nitrogen and oxygen atoms in total. The average Bonchev–Trinajstić information content (AvgIpc) is 3.23. The Bertz CT molecular complexity index is 794. The van der Waals surface area contributed by atoms with Crippen molar-refractivity contribution < 1.29 is 22.5 Å². The van der Waals surface area contributed by atoms with Crippen molar-refractivity contribution >= 4 is 5.91 Å². The number of likely N-dealkylation sites (tertiary alicyclic amines) is 1. The molecular weight excluding hydrogens is 337 g/mol. The second-order valence-electron chi connectivity index (χ2n) is 6.15. The standard InChI is InChI=1S/C16H19F3N4O2/c1-4-12-14(9(2)21-25-12)10-6-5-7-23(10)15(24)11-8-13(16(17,18)19)20-22(11)3/h8,10H,4-7H2,1-3H3. The lowest BCUT2D eigenvalue weighted by Gasteiger charge is -2.24. The highest BCUT2D eigenvalue weighted by molar-refractivity contribution is 5.93. The summed E-state index contributed by atoms with van der Waals surface area (Å²) < 4.78 is 44.9. The van der Waals surface area contributed by atoms with Crippen LogP contribution in [0.4, 0.5) is 13.2 Å². The Kier molecular flexibility index (Phi) is 4.34. The largest absolute Gasteiger partial charge is 0.435 e. The van der Waals surface area contributed by atoms with Crippen LogP contribution >= 0.6 is 0 Å². The van der Waals surface area contributed by atoms with E-state index >= 15 is 0 Å². The molecule has 1 aliphatic heterocycles. The smallest absolute Gasteiger partial charge is 0.361 e. The van der Waals surface area contributed by atoms with Gasteiger partial charge >= 0.3 is 6.18 Å². The van der Waals surface area contributed by atoms with Crippen LogP contribution in [0.5, 0.6) is 0 Å². The summed E-state index contributed by atoms with van der Waals surface area (Å²) in [6.45, 7) is 4.22. The maximum absolute atomic E-state index is 12.9. The van der Waals surface area contributed by atoms with E-state index in [9.17, 15) is 18.0 Å². The number of hydrogen-bond acceptors (Lipinski definition) is 4. The van der Waals surface area contributed by atoms with Crippen molar-refractivity contribution in [2.24, 2.45) is 7.05 Å². The summed E-state index contributed by atoms with van der Waals surface area (Å²) in [6, 6.07) is 0.566. The van der Waals surface area contributed by atoms with Crippen molar-refractivity contribution in [3.63, 3.8) is 0 Å². The van der Waals surface area contributed by atoms with Crippen LogP contribution in [0.3, 0.4) is 0 Å². The van der Waals surface area contributed by atoms with Gasteiger partial charge in [0.2, 0.25) is 0 Å². The lowest BCUT2D eigenvalue weighted by molar-refractivity contribution is -0.141. The Labute approximate surface area is 142 Å². The zero-order valence-corrected chi connectivity index (χ0v) is 14.2. The van der Waals surface area contributed by atoms with Crippen molar-refractivity contribution in [1.29, 1.82) is 0 Å². The molecule has 0 aromatic carbocycles. The molecule has 1 amide bonds. The summed E-state index contributed by atoms with van der Waals surface area (Å²) in [5.74, 6) is 0.249. The number of halogens is 3. The van der Waals surface area contributed by atoms with Gasteiger partial charge in [-0.05, 0) is 19.8 Å². The van der Waals surface area contributed by atoms with E-state index < -0.39 is 17.8 Å². The number of aromatic nitrogens is 3. The first kappa shape index (κ1) is 17.5. The van der Waals surface area contributed by atoms with Crippen LogP contribution in [0.25, 0.3) is 0 Å². The first-order valence-electron chi connectivity index (χ1n) is 8.11. The number of aryl methyl sites for hydroxylation is 3. The van der Waals surface area contributed by atoms with Crippen LogP contribution in [0.1, 0.15) is 59.0 Å². The van der Waals surface area contributed by atoms with E-state index in [0.717, 1.165) is 29.2 Å². The first-order chi connectivity index (χ1) is 11.7. The van der Waals surface area contributed by atoms with Crippen LogP contribution in [0, 0.1) is 6.92 Å². The van der Waals surface area contributed by atoms with Crippen LogP contribution in [-0.4, -0.2) is 32.3 Å². The molecule has 3 rings (SSSR count). The van der Waals surface area contributed by atoms with Crippen LogP contribution < -0.4 is 0 Å². The topological polar surface area (TPSA) is 64.2 Å². The number of carbonyl (C=O) groups is 1. The lowest BCUT2D eigenvalue weighted by Crippen LogP contribution is -2.32. The molecule has 0 saturated carbocycles. The second kappa shape index (κ2) is 6.20. The molecule has 3 heterocycles. The van der Waals surface area contributed by atoms with Gasteiger partial charge in [-0.1, -0.05) is 12.1 Å². The molecule has 0 spiro atoms. The number of rotatable bonds is 3. The van der Waals surface area contributed by atoms with Crippen LogP contribution in [0.2, 0.25) is 0 Å². The summed E-state index contributed by atoms with van der Waals surface area (Å²) in [6.07, 6.45) is -2.45. The third-order valence-corrected chi connectivity index (χ3v) is 4.54. The summed E-state index contributed by atoms with van der Waals surface area (Å²) in [5.41, 5.74) is 0.435. The molecule has 0 radical (unpaired) electrons. The van der Waals surface area contributed by atoms with Crippen molar-refractivity contribution in [2.75, 3.05) is 6.54 Å². The fourth-order valence-corrected chi connectivity index (χ4v) is 3.37. The maximum atomic E-state index is 12.9. The van der Waals surface area contributed by atoms with Gasteiger partial charge in [0.05, 0.1) is 11.7 Å². The average molecular weight is 356 g/mol. The first-order valence-corrected chi connectivity index (χ1v) is 8.11. The van der Waals surface area contributed by atoms with Gasteiger partial charge in [-0.15, -0.1) is 0 Å². The predicted molar refractivity (Wildman–Crippen MR) is 81.8 cm³/mol. The molecule has 1 atom stereocenters. The van der Waals surface area contributed by atoms with Crippen molar-refractivity contribution in [3.05, 3.63) is 34.5 Å². The van der Waals surface area contributed by atoms with E-state index in [1.165, 1.54) is 7.05 Å². The molecule has 136 valence electrons. The van der Waals surface area contributed by atoms with E-state index in [2.05, 4.69) is 10.3 Å². The third-order valence-electron chi connectivity index (χ3n) is 4.54. The van der Waals surface area contributed by atoms with E-state index in [1.807, 2.05) is 13.8 Å². The van der Waals surface area contributed by atoms with Crippen LogP contribution in [-0.2, 0) is 19.6 Å². The fourth-order valence-electron chi connectivity index (χ4n) is 3.37. The molecule has 1 fully saturated rings. The highest BCUT2D eigenvalue weighted by Crippen LogP contribution is 2.37. The van der Waals surface area contributed by atoms with E-state index in [0.29, 0.717) is 24.4 Å². The van der Waals surface area contributed by atoms with Gasteiger partial charge in [0, 0.05) is 31.6 Å². The molecule has 9 heteroatoms. The van der Waals surface area contributed by atoms with Crippen molar-refractivity contribution in [3.8, 4) is 0 Å². The summed E-state index contributed by atoms with van der Waals surface area (Å²) in [5, 5.41) is 7.40. The molecule has 1 unspecified atom stereocenters. The molecule has 25 heavy (non-hydrogen) atoms. The second-order valence-corrected chi connectivity index (χ2v) is 6.15. The van der Waals surface area contributed by atoms with E-state index in [1.54, 1.807) is 4.90 Å². The molecule has 1 saturated heterocycles. The Morgan fingerprint density at radius 2 is 2.16 bits per heavy atom. The van der Waals surface area contributed by atoms with Gasteiger partial charge < -0.3 is 9.42 Å². The summed E-state index contributed by atoms with van der Waals surface area (Å²) in [7, 11) is 1.34. The van der Waals surface area contributed by atoms with Gasteiger partial charge in [-0.3, -0.25) is 9.48 Å². The highest BCUT2D eigenvalue weighted by atomic mass is 19.4. The number of hydrogen-bond donors (Lipinski definition) is 0. The van der Waals surface area contributed by atoms with E-state index in [4.69, 9.17) is 4.52 Å². The van der Waals surface area contributed by atoms with Gasteiger partial charge in [0.1, 0.15) is 11.5 Å². The van der Waals surface area contributed by atoms with Crippen LogP contribution in [0.15, 0.2) is 10.6 Å². The highest BCUT2D eigenvalue weighted by Gasteiger charge is 2.39. The third kappa shape index (κ3) is 3.03. The molecule has 1 aliphatic rings. The Morgan fingerprint density at radius 3 is 2.76 bits per heavy atom. The molecule has 0 aliphatic carbocycles. The van der Waals surface area contributed by atoms with Gasteiger partial charge in [0.25, 0.3) is 5.91 Å². The fraction of sp³-hybridized carbons (Fsp3) is 0.562. The minimum atomic E-state index is -4.58. The van der Waals surface area contributed by atoms with E-state index in [-0.39, 0.29) is 11.7 Å². The Hall–Kier alpha value is -2.32. The molecular formula is C16H19F3N4O2. The quantitative estimate of drug-likeness (QED) is 0.847. The monoisotopic (exact) mass is 356 g/mol. The minimum absolute atomic E-state index is 0.0774. The number of amides is 1. The number of carbonyl (C=O) groups excluding carboxylic acids is 1. The predicted octanol–water partition coefficient (Wildman–Crippen LogP) is 3.28. The summed E-state index contributed by atoms with van der Waals surface area (Å²) in [4.78, 5) is 14.5. The van der Waals surface area contributed by atoms with Gasteiger partial charge in [-0.25, -0.2) is 0 Å². The summed E-state index contributed by atoms with van der Waals surface area (Å²) >= 11 is 0. The number of alkyl halides is 3. The van der Waals surface area contributed by atoms with Crippen molar-refractivity contribution in [1.82, 2.24) is 19.8 Å². The maximum Gasteiger partial charge on any atom is 0.435 e. The molecule has 2 aromatic heterocycles. The normalized spacial score (nSPS) is 18.2. The Balaban J connectivity index is 1.94. The molecule has 0 N–H and O–H groups in total. The van der Waals surface area contributed by atoms with Gasteiger partial charge in [0.15, 0.2) is 5.69 Å².